The minimum Gasteiger partial charge on any atom is -0.466 e. The number of carbonyl (C=O) groups excluding carboxylic acids is 2. The van der Waals surface area contributed by atoms with Gasteiger partial charge in [0, 0.05) is 6.20 Å². The van der Waals surface area contributed by atoms with Crippen LogP contribution >= 0.6 is 11.6 Å². The maximum absolute atomic E-state index is 12.3. The summed E-state index contributed by atoms with van der Waals surface area (Å²) in [5, 5.41) is 12.8. The third-order valence-corrected chi connectivity index (χ3v) is 3.67. The second-order valence-electron chi connectivity index (χ2n) is 4.94. The molecule has 0 saturated heterocycles. The van der Waals surface area contributed by atoms with Crippen LogP contribution < -0.4 is 5.32 Å². The van der Waals surface area contributed by atoms with E-state index in [1.165, 1.54) is 6.20 Å². The van der Waals surface area contributed by atoms with Gasteiger partial charge in [0.05, 0.1) is 29.6 Å². The standard InChI is InChI=1S/C14H17ClN2O4/c1-2-21-14(20)11-6-9(18)5-10(11)13(19)17-12-4-3-8(15)7-16-12/h3-4,7,9-11,18H,2,5-6H2,1H3,(H,16,17,19)/t9-,10-,11-/m0/s1. The van der Waals surface area contributed by atoms with Crippen LogP contribution in [0.5, 0.6) is 0 Å². The zero-order valence-corrected chi connectivity index (χ0v) is 12.3. The Morgan fingerprint density at radius 2 is 2.14 bits per heavy atom. The smallest absolute Gasteiger partial charge is 0.309 e. The van der Waals surface area contributed by atoms with E-state index in [1.54, 1.807) is 19.1 Å². The average molecular weight is 313 g/mol. The van der Waals surface area contributed by atoms with Crippen LogP contribution in [0.4, 0.5) is 5.82 Å². The normalized spacial score (nSPS) is 24.6. The van der Waals surface area contributed by atoms with Crippen LogP contribution in [0.2, 0.25) is 5.02 Å². The van der Waals surface area contributed by atoms with Gasteiger partial charge in [0.1, 0.15) is 5.82 Å². The van der Waals surface area contributed by atoms with Gasteiger partial charge in [0.15, 0.2) is 0 Å². The molecule has 3 atom stereocenters. The molecule has 21 heavy (non-hydrogen) atoms. The van der Waals surface area contributed by atoms with Crippen LogP contribution in [0, 0.1) is 11.8 Å². The summed E-state index contributed by atoms with van der Waals surface area (Å²) < 4.78 is 4.96. The summed E-state index contributed by atoms with van der Waals surface area (Å²) in [6.07, 6.45) is 1.23. The number of anilines is 1. The van der Waals surface area contributed by atoms with E-state index in [2.05, 4.69) is 10.3 Å². The summed E-state index contributed by atoms with van der Waals surface area (Å²) in [4.78, 5) is 28.1. The quantitative estimate of drug-likeness (QED) is 0.825. The molecule has 1 amide bonds. The molecule has 0 radical (unpaired) electrons. The van der Waals surface area contributed by atoms with Crippen molar-refractivity contribution in [2.45, 2.75) is 25.9 Å². The zero-order valence-electron chi connectivity index (χ0n) is 11.6. The van der Waals surface area contributed by atoms with E-state index in [-0.39, 0.29) is 25.4 Å². The average Bonchev–Trinajstić information content (AvgIpc) is 2.84. The van der Waals surface area contributed by atoms with Crippen LogP contribution in [0.1, 0.15) is 19.8 Å². The Hall–Kier alpha value is -1.66. The lowest BCUT2D eigenvalue weighted by Gasteiger charge is -2.17. The van der Waals surface area contributed by atoms with E-state index in [9.17, 15) is 14.7 Å². The molecule has 0 bridgehead atoms. The number of aromatic nitrogens is 1. The Labute approximate surface area is 127 Å². The fourth-order valence-corrected chi connectivity index (χ4v) is 2.59. The van der Waals surface area contributed by atoms with E-state index >= 15 is 0 Å². The third kappa shape index (κ3) is 3.92. The summed E-state index contributed by atoms with van der Waals surface area (Å²) in [5.74, 6) is -1.67. The highest BCUT2D eigenvalue weighted by atomic mass is 35.5. The monoisotopic (exact) mass is 312 g/mol. The molecule has 1 aromatic heterocycles. The Morgan fingerprint density at radius 1 is 1.43 bits per heavy atom. The molecular formula is C14H17ClN2O4. The minimum atomic E-state index is -0.673. The first-order valence-electron chi connectivity index (χ1n) is 6.78. The molecule has 1 aliphatic rings. The predicted octanol–water partition coefficient (Wildman–Crippen LogP) is 1.62. The fraction of sp³-hybridized carbons (Fsp3) is 0.500. The van der Waals surface area contributed by atoms with Gasteiger partial charge in [-0.25, -0.2) is 4.98 Å². The molecule has 2 rings (SSSR count). The van der Waals surface area contributed by atoms with E-state index < -0.39 is 23.9 Å². The molecule has 1 fully saturated rings. The SMILES string of the molecule is CCOC(=O)[C@H]1C[C@@H](O)C[C@@H]1C(=O)Nc1ccc(Cl)cn1. The van der Waals surface area contributed by atoms with Crippen LogP contribution in [0.25, 0.3) is 0 Å². The number of amides is 1. The molecule has 0 spiro atoms. The van der Waals surface area contributed by atoms with Crippen molar-refractivity contribution in [2.24, 2.45) is 11.8 Å². The number of halogens is 1. The lowest BCUT2D eigenvalue weighted by Crippen LogP contribution is -2.31. The van der Waals surface area contributed by atoms with Crippen LogP contribution in [-0.2, 0) is 14.3 Å². The van der Waals surface area contributed by atoms with Gasteiger partial charge in [-0.15, -0.1) is 0 Å². The first-order valence-corrected chi connectivity index (χ1v) is 7.16. The second kappa shape index (κ2) is 6.87. The molecule has 0 aromatic carbocycles. The van der Waals surface area contributed by atoms with Gasteiger partial charge in [0.25, 0.3) is 0 Å². The van der Waals surface area contributed by atoms with E-state index in [0.29, 0.717) is 10.8 Å². The number of aliphatic hydroxyl groups excluding tert-OH is 1. The van der Waals surface area contributed by atoms with Crippen LogP contribution in [0.15, 0.2) is 18.3 Å². The summed E-state index contributed by atoms with van der Waals surface area (Å²) in [6, 6.07) is 3.18. The molecule has 1 aromatic rings. The van der Waals surface area contributed by atoms with Crippen molar-refractivity contribution in [3.05, 3.63) is 23.4 Å². The minimum absolute atomic E-state index is 0.239. The number of ether oxygens (including phenoxy) is 1. The van der Waals surface area contributed by atoms with Crippen LogP contribution in [0.3, 0.4) is 0 Å². The molecule has 1 heterocycles. The molecule has 0 unspecified atom stereocenters. The number of aliphatic hydroxyl groups is 1. The largest absolute Gasteiger partial charge is 0.466 e. The second-order valence-corrected chi connectivity index (χ2v) is 5.38. The summed E-state index contributed by atoms with van der Waals surface area (Å²) in [5.41, 5.74) is 0. The lowest BCUT2D eigenvalue weighted by atomic mass is 9.95. The molecule has 7 heteroatoms. The first-order chi connectivity index (χ1) is 10.0. The number of pyridine rings is 1. The Morgan fingerprint density at radius 3 is 2.76 bits per heavy atom. The van der Waals surface area contributed by atoms with Crippen molar-refractivity contribution in [1.29, 1.82) is 0 Å². The maximum atomic E-state index is 12.3. The van der Waals surface area contributed by atoms with Gasteiger partial charge in [0.2, 0.25) is 5.91 Å². The van der Waals surface area contributed by atoms with Gasteiger partial charge < -0.3 is 15.2 Å². The Kier molecular flexibility index (Phi) is 5.14. The molecule has 0 aliphatic heterocycles. The molecule has 2 N–H and O–H groups in total. The van der Waals surface area contributed by atoms with Gasteiger partial charge in [-0.2, -0.15) is 0 Å². The van der Waals surface area contributed by atoms with Gasteiger partial charge in [-0.1, -0.05) is 11.6 Å². The van der Waals surface area contributed by atoms with E-state index in [4.69, 9.17) is 16.3 Å². The van der Waals surface area contributed by atoms with Crippen LogP contribution in [-0.4, -0.2) is 34.7 Å². The number of rotatable bonds is 4. The third-order valence-electron chi connectivity index (χ3n) is 3.44. The summed E-state index contributed by atoms with van der Waals surface area (Å²) in [6.45, 7) is 1.95. The number of carbonyl (C=O) groups is 2. The molecule has 1 aliphatic carbocycles. The molecule has 1 saturated carbocycles. The first kappa shape index (κ1) is 15.7. The number of hydrogen-bond donors (Lipinski definition) is 2. The van der Waals surface area contributed by atoms with Gasteiger partial charge in [-0.05, 0) is 31.9 Å². The fourth-order valence-electron chi connectivity index (χ4n) is 2.48. The number of nitrogens with one attached hydrogen (secondary N) is 1. The summed E-state index contributed by atoms with van der Waals surface area (Å²) in [7, 11) is 0. The lowest BCUT2D eigenvalue weighted by molar-refractivity contribution is -0.151. The van der Waals surface area contributed by atoms with E-state index in [0.717, 1.165) is 0 Å². The Bertz CT molecular complexity index is 520. The molecule has 6 nitrogen and oxygen atoms in total. The molecule has 114 valence electrons. The molecular weight excluding hydrogens is 296 g/mol. The zero-order chi connectivity index (χ0) is 15.4. The number of esters is 1. The van der Waals surface area contributed by atoms with E-state index in [1.807, 2.05) is 0 Å². The van der Waals surface area contributed by atoms with Crippen molar-refractivity contribution < 1.29 is 19.4 Å². The number of hydrogen-bond acceptors (Lipinski definition) is 5. The highest BCUT2D eigenvalue weighted by Gasteiger charge is 2.43. The Balaban J connectivity index is 2.05. The van der Waals surface area contributed by atoms with Crippen molar-refractivity contribution in [1.82, 2.24) is 4.98 Å². The number of nitrogens with zero attached hydrogens (tertiary/aromatic N) is 1. The highest BCUT2D eigenvalue weighted by molar-refractivity contribution is 6.30. The maximum Gasteiger partial charge on any atom is 0.309 e. The van der Waals surface area contributed by atoms with Crippen molar-refractivity contribution in [3.8, 4) is 0 Å². The van der Waals surface area contributed by atoms with Gasteiger partial charge >= 0.3 is 5.97 Å². The predicted molar refractivity (Wildman–Crippen MR) is 76.7 cm³/mol. The topological polar surface area (TPSA) is 88.5 Å². The highest BCUT2D eigenvalue weighted by Crippen LogP contribution is 2.34. The van der Waals surface area contributed by atoms with Gasteiger partial charge in [-0.3, -0.25) is 9.59 Å². The van der Waals surface area contributed by atoms with Crippen molar-refractivity contribution in [3.63, 3.8) is 0 Å². The summed E-state index contributed by atoms with van der Waals surface area (Å²) >= 11 is 5.72. The van der Waals surface area contributed by atoms with Crippen molar-refractivity contribution in [2.75, 3.05) is 11.9 Å². The van der Waals surface area contributed by atoms with Crippen molar-refractivity contribution >= 4 is 29.3 Å².